The van der Waals surface area contributed by atoms with Crippen molar-refractivity contribution in [3.63, 3.8) is 0 Å². The average Bonchev–Trinajstić information content (AvgIpc) is 2.84. The molecule has 0 aliphatic heterocycles. The van der Waals surface area contributed by atoms with Gasteiger partial charge in [-0.25, -0.2) is 0 Å². The van der Waals surface area contributed by atoms with Gasteiger partial charge < -0.3 is 20.7 Å². The largest absolute Gasteiger partial charge is 0.507 e. The van der Waals surface area contributed by atoms with Gasteiger partial charge in [-0.2, -0.15) is 0 Å². The lowest BCUT2D eigenvalue weighted by Crippen LogP contribution is -2.74. The van der Waals surface area contributed by atoms with Gasteiger partial charge in [-0.3, -0.25) is 33.8 Å². The zero-order valence-corrected chi connectivity index (χ0v) is 22.6. The van der Waals surface area contributed by atoms with Gasteiger partial charge in [0.1, 0.15) is 5.75 Å². The molecule has 0 bridgehead atoms. The van der Waals surface area contributed by atoms with E-state index in [4.69, 9.17) is 10.5 Å². The van der Waals surface area contributed by atoms with E-state index in [0.29, 0.717) is 23.2 Å². The molecular weight excluding hydrogens is 506 g/mol. The monoisotopic (exact) mass is 541 g/mol. The summed E-state index contributed by atoms with van der Waals surface area (Å²) < 4.78 is 5.38. The molecule has 1 aromatic rings. The van der Waals surface area contributed by atoms with Crippen LogP contribution in [0.1, 0.15) is 33.5 Å². The summed E-state index contributed by atoms with van der Waals surface area (Å²) in [6.07, 6.45) is 1.90. The lowest BCUT2D eigenvalue weighted by atomic mass is 9.52. The number of carbonyl (C=O) groups is 5. The van der Waals surface area contributed by atoms with Crippen LogP contribution in [0.2, 0.25) is 0 Å². The van der Waals surface area contributed by atoms with Crippen LogP contribution in [0.5, 0.6) is 5.75 Å². The molecule has 210 valence electrons. The fourth-order valence-electron chi connectivity index (χ4n) is 6.79. The highest BCUT2D eigenvalue weighted by Crippen LogP contribution is 2.51. The number of nitrogens with zero attached hydrogens (tertiary/aromatic N) is 2. The van der Waals surface area contributed by atoms with Crippen LogP contribution in [0.4, 0.5) is 0 Å². The summed E-state index contributed by atoms with van der Waals surface area (Å²) in [6.45, 7) is 4.68. The Labute approximate surface area is 226 Å². The molecule has 1 aromatic carbocycles. The Balaban J connectivity index is 1.86. The van der Waals surface area contributed by atoms with Crippen LogP contribution >= 0.6 is 0 Å². The Morgan fingerprint density at radius 1 is 1.21 bits per heavy atom. The number of ketones is 4. The zero-order valence-electron chi connectivity index (χ0n) is 22.6. The number of hydrogen-bond acceptors (Lipinski definition) is 10. The number of fused-ring (bicyclic) bond motifs is 3. The van der Waals surface area contributed by atoms with Gasteiger partial charge in [0.05, 0.1) is 24.1 Å². The molecule has 0 saturated heterocycles. The molecule has 2 unspecified atom stereocenters. The summed E-state index contributed by atoms with van der Waals surface area (Å²) in [5.41, 5.74) is 4.26. The molecule has 0 radical (unpaired) electrons. The zero-order chi connectivity index (χ0) is 29.0. The highest BCUT2D eigenvalue weighted by molar-refractivity contribution is 6.32. The minimum absolute atomic E-state index is 0.000896. The molecule has 39 heavy (non-hydrogen) atoms. The molecule has 2 fully saturated rings. The number of nitrogens with two attached hydrogens (primary N) is 1. The number of primary amides is 1. The van der Waals surface area contributed by atoms with Gasteiger partial charge in [0.2, 0.25) is 5.91 Å². The number of aromatic hydroxyl groups is 1. The minimum atomic E-state index is -2.75. The second-order valence-electron chi connectivity index (χ2n) is 11.1. The average molecular weight is 542 g/mol. The van der Waals surface area contributed by atoms with Crippen molar-refractivity contribution in [2.45, 2.75) is 37.6 Å². The van der Waals surface area contributed by atoms with Gasteiger partial charge in [-0.1, -0.05) is 6.08 Å². The third-order valence-corrected chi connectivity index (χ3v) is 8.41. The van der Waals surface area contributed by atoms with Crippen molar-refractivity contribution < 1.29 is 38.9 Å². The molecule has 3 aliphatic carbocycles. The van der Waals surface area contributed by atoms with Crippen LogP contribution in [-0.4, -0.2) is 95.5 Å². The van der Waals surface area contributed by atoms with Crippen LogP contribution in [-0.2, 0) is 43.5 Å². The number of Topliss-reactive ketones (excluding diaryl/α,β-unsaturated/α-hetero) is 4. The fraction of sp³-hybridized carbons (Fsp3) is 0.536. The van der Waals surface area contributed by atoms with Crippen LogP contribution in [0, 0.1) is 23.7 Å². The number of benzene rings is 1. The molecule has 1 amide bonds. The van der Waals surface area contributed by atoms with E-state index >= 15 is 0 Å². The van der Waals surface area contributed by atoms with E-state index in [9.17, 15) is 34.2 Å². The Hall–Kier alpha value is -3.25. The molecule has 0 spiro atoms. The number of aliphatic hydroxyl groups is 1. The van der Waals surface area contributed by atoms with Crippen molar-refractivity contribution in [2.75, 3.05) is 34.8 Å². The lowest BCUT2D eigenvalue weighted by Gasteiger charge is -2.52. The minimum Gasteiger partial charge on any atom is -0.507 e. The Kier molecular flexibility index (Phi) is 7.65. The van der Waals surface area contributed by atoms with Crippen LogP contribution in [0.25, 0.3) is 0 Å². The van der Waals surface area contributed by atoms with E-state index in [1.54, 1.807) is 26.2 Å². The van der Waals surface area contributed by atoms with Crippen molar-refractivity contribution in [3.05, 3.63) is 41.0 Å². The molecule has 3 aliphatic rings. The van der Waals surface area contributed by atoms with Crippen LogP contribution in [0.15, 0.2) is 18.7 Å². The summed E-state index contributed by atoms with van der Waals surface area (Å²) in [6, 6.07) is 0.640. The molecule has 6 atom stereocenters. The molecule has 4 rings (SSSR count). The maximum Gasteiger partial charge on any atom is 0.235 e. The lowest BCUT2D eigenvalue weighted by molar-refractivity contribution is -0.181. The second kappa shape index (κ2) is 10.4. The first-order valence-electron chi connectivity index (χ1n) is 12.8. The highest BCUT2D eigenvalue weighted by Gasteiger charge is 2.69. The molecular formula is C28H35N3O8. The van der Waals surface area contributed by atoms with Gasteiger partial charge in [0.15, 0.2) is 34.7 Å². The van der Waals surface area contributed by atoms with E-state index < -0.39 is 64.4 Å². The van der Waals surface area contributed by atoms with Gasteiger partial charge in [-0.05, 0) is 57.1 Å². The van der Waals surface area contributed by atoms with E-state index in [-0.39, 0.29) is 37.3 Å². The van der Waals surface area contributed by atoms with E-state index in [1.807, 2.05) is 11.9 Å². The predicted molar refractivity (Wildman–Crippen MR) is 139 cm³/mol. The Morgan fingerprint density at radius 3 is 2.44 bits per heavy atom. The normalized spacial score (nSPS) is 30.3. The first kappa shape index (κ1) is 28.8. The smallest absolute Gasteiger partial charge is 0.235 e. The Bertz CT molecular complexity index is 1270. The van der Waals surface area contributed by atoms with Gasteiger partial charge in [0.25, 0.3) is 0 Å². The number of likely N-dealkylation sites (N-methyl/N-ethyl adjacent to an activating group) is 2. The quantitative estimate of drug-likeness (QED) is 0.292. The van der Waals surface area contributed by atoms with Gasteiger partial charge >= 0.3 is 0 Å². The standard InChI is InChI=1S/C28H35N3O8/c1-6-7-31(4)11-14-8-15(12-39-5)16-9-13-10-17-21(30(2)3)24(34)20(27(29)37)26(36)28(17,38)25(35)18(13)23(33)19(16)22(14)32/h6,8,13,17-18,20-21,32,38H,1,7,9-12H2,2-5H3,(H2,29,37)/t13-,17-,18?,20?,21-,28-/m0/s1. The molecule has 11 heteroatoms. The second-order valence-corrected chi connectivity index (χ2v) is 11.1. The Morgan fingerprint density at radius 2 is 1.87 bits per heavy atom. The van der Waals surface area contributed by atoms with E-state index in [0.717, 1.165) is 0 Å². The van der Waals surface area contributed by atoms with E-state index in [2.05, 4.69) is 6.58 Å². The highest BCUT2D eigenvalue weighted by atomic mass is 16.5. The topological polar surface area (TPSA) is 168 Å². The molecule has 2 saturated carbocycles. The molecule has 4 N–H and O–H groups in total. The van der Waals surface area contributed by atoms with Crippen molar-refractivity contribution in [2.24, 2.45) is 29.4 Å². The third-order valence-electron chi connectivity index (χ3n) is 8.41. The van der Waals surface area contributed by atoms with E-state index in [1.165, 1.54) is 12.0 Å². The van der Waals surface area contributed by atoms with Crippen molar-refractivity contribution >= 4 is 29.0 Å². The number of amides is 1. The molecule has 0 aromatic heterocycles. The number of hydrogen-bond donors (Lipinski definition) is 3. The van der Waals surface area contributed by atoms with Crippen molar-refractivity contribution in [1.29, 1.82) is 0 Å². The van der Waals surface area contributed by atoms with Crippen LogP contribution < -0.4 is 5.73 Å². The van der Waals surface area contributed by atoms with Crippen molar-refractivity contribution in [1.82, 2.24) is 9.80 Å². The maximum absolute atomic E-state index is 14.0. The summed E-state index contributed by atoms with van der Waals surface area (Å²) in [5, 5.41) is 22.9. The van der Waals surface area contributed by atoms with Gasteiger partial charge in [0, 0.05) is 31.7 Å². The predicted octanol–water partition coefficient (Wildman–Crippen LogP) is -0.369. The summed E-state index contributed by atoms with van der Waals surface area (Å²) >= 11 is 0. The third kappa shape index (κ3) is 4.33. The summed E-state index contributed by atoms with van der Waals surface area (Å²) in [7, 11) is 6.43. The maximum atomic E-state index is 14.0. The number of methoxy groups -OCH3 is 1. The SMILES string of the molecule is C=CCN(C)Cc1cc(COC)c2c(c1O)C(=O)C1C(=O)[C@]3(O)C(=O)C(C(N)=O)C(=O)[C@@H](N(C)C)[C@@H]3C[C@@H]1C2. The fourth-order valence-corrected chi connectivity index (χ4v) is 6.79. The van der Waals surface area contributed by atoms with Crippen molar-refractivity contribution in [3.8, 4) is 5.75 Å². The molecule has 11 nitrogen and oxygen atoms in total. The number of rotatable bonds is 8. The van der Waals surface area contributed by atoms with Crippen LogP contribution in [0.3, 0.4) is 0 Å². The molecule has 0 heterocycles. The summed E-state index contributed by atoms with van der Waals surface area (Å²) in [4.78, 5) is 70.0. The number of ether oxygens (including phenoxy) is 1. The number of phenolic OH excluding ortho intramolecular Hbond substituents is 1. The first-order valence-corrected chi connectivity index (χ1v) is 12.8. The summed E-state index contributed by atoms with van der Waals surface area (Å²) in [5.74, 6) is -10.6. The first-order chi connectivity index (χ1) is 18.3. The van der Waals surface area contributed by atoms with Gasteiger partial charge in [-0.15, -0.1) is 6.58 Å². The number of carbonyl (C=O) groups excluding carboxylic acids is 5. The number of phenols is 1.